The van der Waals surface area contributed by atoms with Gasteiger partial charge in [-0.05, 0) is 36.3 Å². The lowest BCUT2D eigenvalue weighted by Gasteiger charge is -2.38. The van der Waals surface area contributed by atoms with Crippen molar-refractivity contribution < 1.29 is 51.2 Å². The molecule has 4 aliphatic heterocycles. The fraction of sp³-hybridized carbons (Fsp3) is 0.531. The number of β-amino-alcohol motifs (C(OH)–C–C–N with tert-alkyl or cyclic N) is 1. The third kappa shape index (κ3) is 6.53. The van der Waals surface area contributed by atoms with Crippen LogP contribution in [0.25, 0.3) is 11.0 Å². The molecule has 2 amide bonds. The molecule has 3 aromatic rings. The average Bonchev–Trinajstić information content (AvgIpc) is 3.85. The first-order valence-corrected chi connectivity index (χ1v) is 16.4. The lowest BCUT2D eigenvalue weighted by atomic mass is 9.90. The zero-order valence-corrected chi connectivity index (χ0v) is 27.4. The molecule has 274 valence electrons. The van der Waals surface area contributed by atoms with Crippen LogP contribution in [0.15, 0.2) is 18.5 Å². The second-order valence-electron chi connectivity index (χ2n) is 13.5. The molecule has 1 aromatic carbocycles. The number of alkyl halides is 3. The van der Waals surface area contributed by atoms with Crippen molar-refractivity contribution in [2.45, 2.75) is 56.0 Å². The Kier molecular flexibility index (Phi) is 8.78. The Morgan fingerprint density at radius 3 is 2.47 bits per heavy atom. The number of fused-ring (bicyclic) bond motifs is 3. The lowest BCUT2D eigenvalue weighted by Crippen LogP contribution is -2.48. The molecule has 14 nitrogen and oxygen atoms in total. The molecule has 19 heteroatoms. The fourth-order valence-electron chi connectivity index (χ4n) is 7.46. The maximum atomic E-state index is 15.9. The third-order valence-electron chi connectivity index (χ3n) is 10.0. The number of hydrogen-bond acceptors (Lipinski definition) is 11. The lowest BCUT2D eigenvalue weighted by molar-refractivity contribution is -0.120. The standard InChI is InChI=1S/C29H32F2N8O5.C3H3F3O/c1-37-24-22(31)17-7-14(6-16(17)21(30)23(24)36-26(37)18-8-15(40)9-32-18)11-38-4-2-29(3-5-38)13-39(28(42)44-29)19-10-33-27-25(34-19)35-20(41)12-43-27;1-2(7)3(4,5)6/h10,14-15,18,32,40H,2-9,11-13H2,1H3,(H,34,35,41);7H,1H2/t14?,15?,18-;/m0./s1. The Labute approximate surface area is 287 Å². The van der Waals surface area contributed by atoms with E-state index in [1.807, 2.05) is 0 Å². The van der Waals surface area contributed by atoms with Gasteiger partial charge in [0.05, 0.1) is 24.9 Å². The summed E-state index contributed by atoms with van der Waals surface area (Å²) in [5.41, 5.74) is 0.383. The molecule has 51 heavy (non-hydrogen) atoms. The molecule has 1 spiro atoms. The van der Waals surface area contributed by atoms with Crippen molar-refractivity contribution in [3.8, 4) is 5.88 Å². The minimum absolute atomic E-state index is 0.0497. The second kappa shape index (κ2) is 12.9. The van der Waals surface area contributed by atoms with Crippen LogP contribution in [0.5, 0.6) is 5.88 Å². The van der Waals surface area contributed by atoms with E-state index in [4.69, 9.17) is 14.6 Å². The Morgan fingerprint density at radius 1 is 1.14 bits per heavy atom. The topological polar surface area (TPSA) is 167 Å². The highest BCUT2D eigenvalue weighted by atomic mass is 19.4. The number of anilines is 2. The van der Waals surface area contributed by atoms with Crippen LogP contribution in [0.4, 0.5) is 38.4 Å². The van der Waals surface area contributed by atoms with E-state index in [-0.39, 0.29) is 53.0 Å². The number of likely N-dealkylation sites (tertiary alicyclic amines) is 1. The zero-order chi connectivity index (χ0) is 36.4. The average molecular weight is 723 g/mol. The predicted octanol–water partition coefficient (Wildman–Crippen LogP) is 3.19. The van der Waals surface area contributed by atoms with E-state index in [0.29, 0.717) is 81.8 Å². The van der Waals surface area contributed by atoms with Crippen molar-refractivity contribution in [1.82, 2.24) is 29.7 Å². The molecule has 2 aromatic heterocycles. The van der Waals surface area contributed by atoms with Crippen LogP contribution in [0, 0.1) is 17.6 Å². The molecule has 2 unspecified atom stereocenters. The van der Waals surface area contributed by atoms with Gasteiger partial charge in [0.1, 0.15) is 22.5 Å². The molecule has 4 N–H and O–H groups in total. The summed E-state index contributed by atoms with van der Waals surface area (Å²) < 4.78 is 76.9. The molecule has 0 saturated carbocycles. The van der Waals surface area contributed by atoms with Gasteiger partial charge in [-0.2, -0.15) is 13.2 Å². The molecule has 8 rings (SSSR count). The monoisotopic (exact) mass is 722 g/mol. The van der Waals surface area contributed by atoms with E-state index >= 15 is 8.78 Å². The van der Waals surface area contributed by atoms with E-state index < -0.39 is 41.4 Å². The highest BCUT2D eigenvalue weighted by Gasteiger charge is 2.48. The molecule has 0 radical (unpaired) electrons. The largest absolute Gasteiger partial charge is 0.505 e. The van der Waals surface area contributed by atoms with E-state index in [9.17, 15) is 27.9 Å². The minimum Gasteiger partial charge on any atom is -0.505 e. The van der Waals surface area contributed by atoms with Gasteiger partial charge in [0.25, 0.3) is 11.8 Å². The maximum absolute atomic E-state index is 15.9. The summed E-state index contributed by atoms with van der Waals surface area (Å²) in [5.74, 6) is -1.73. The van der Waals surface area contributed by atoms with Crippen molar-refractivity contribution in [2.75, 3.05) is 49.5 Å². The SMILES string of the molecule is C=C(O)C(F)(F)F.Cn1c([C@@H]2CC(O)CN2)nc2c(F)c3c(c(F)c21)CC(CN1CCC2(CC1)CN(c1cnc4c(n1)NC(=O)CO4)C(=O)O2)C3. The molecule has 0 bridgehead atoms. The Balaban J connectivity index is 0.000000529. The molecular formula is C32H35F5N8O6. The predicted molar refractivity (Wildman–Crippen MR) is 169 cm³/mol. The molecule has 6 heterocycles. The first-order valence-electron chi connectivity index (χ1n) is 16.4. The maximum Gasteiger partial charge on any atom is 0.448 e. The van der Waals surface area contributed by atoms with Crippen molar-refractivity contribution in [2.24, 2.45) is 13.0 Å². The van der Waals surface area contributed by atoms with Gasteiger partial charge in [-0.15, -0.1) is 0 Å². The van der Waals surface area contributed by atoms with Crippen molar-refractivity contribution in [1.29, 1.82) is 0 Å². The Morgan fingerprint density at radius 2 is 1.82 bits per heavy atom. The second-order valence-corrected chi connectivity index (χ2v) is 13.5. The number of halogens is 5. The highest BCUT2D eigenvalue weighted by molar-refractivity contribution is 5.95. The highest BCUT2D eigenvalue weighted by Crippen LogP contribution is 2.40. The zero-order valence-electron chi connectivity index (χ0n) is 27.4. The summed E-state index contributed by atoms with van der Waals surface area (Å²) in [6.45, 7) is 4.88. The number of carbonyl (C=O) groups excluding carboxylic acids is 2. The summed E-state index contributed by atoms with van der Waals surface area (Å²) in [6.07, 6.45) is -1.69. The van der Waals surface area contributed by atoms with Gasteiger partial charge in [-0.1, -0.05) is 6.58 Å². The third-order valence-corrected chi connectivity index (χ3v) is 10.0. The number of benzene rings is 1. The van der Waals surface area contributed by atoms with Crippen LogP contribution in [0.3, 0.4) is 0 Å². The first kappa shape index (κ1) is 34.8. The number of aryl methyl sites for hydroxylation is 1. The van der Waals surface area contributed by atoms with Crippen molar-refractivity contribution in [3.05, 3.63) is 47.1 Å². The number of imidazole rings is 1. The van der Waals surface area contributed by atoms with Crippen molar-refractivity contribution >= 4 is 34.7 Å². The molecule has 1 aliphatic carbocycles. The van der Waals surface area contributed by atoms with Gasteiger partial charge in [0, 0.05) is 46.1 Å². The Bertz CT molecular complexity index is 1910. The molecule has 3 atom stereocenters. The van der Waals surface area contributed by atoms with Gasteiger partial charge < -0.3 is 39.8 Å². The number of allylic oxidation sites excluding steroid dienone is 1. The van der Waals surface area contributed by atoms with Crippen LogP contribution < -0.4 is 20.3 Å². The summed E-state index contributed by atoms with van der Waals surface area (Å²) in [6, 6.07) is -0.249. The summed E-state index contributed by atoms with van der Waals surface area (Å²) in [7, 11) is 1.70. The number of carbonyl (C=O) groups is 2. The van der Waals surface area contributed by atoms with E-state index in [1.54, 1.807) is 11.6 Å². The van der Waals surface area contributed by atoms with E-state index in [2.05, 4.69) is 37.1 Å². The van der Waals surface area contributed by atoms with Crippen LogP contribution in [-0.4, -0.2) is 104 Å². The number of nitrogens with zero attached hydrogens (tertiary/aromatic N) is 6. The van der Waals surface area contributed by atoms with E-state index in [1.165, 1.54) is 11.1 Å². The minimum atomic E-state index is -4.64. The quantitative estimate of drug-likeness (QED) is 0.231. The summed E-state index contributed by atoms with van der Waals surface area (Å²) in [4.78, 5) is 41.3. The number of aliphatic hydroxyl groups is 2. The molecule has 3 fully saturated rings. The first-order chi connectivity index (χ1) is 24.1. The normalized spacial score (nSPS) is 24.1. The summed E-state index contributed by atoms with van der Waals surface area (Å²) in [5, 5.41) is 23.3. The number of aliphatic hydroxyl groups excluding tert-OH is 2. The number of amides is 2. The van der Waals surface area contributed by atoms with Gasteiger partial charge in [-0.25, -0.2) is 28.5 Å². The van der Waals surface area contributed by atoms with Gasteiger partial charge >= 0.3 is 12.3 Å². The van der Waals surface area contributed by atoms with Crippen molar-refractivity contribution in [3.63, 3.8) is 0 Å². The number of rotatable bonds is 4. The van der Waals surface area contributed by atoms with Gasteiger partial charge in [0.15, 0.2) is 35.6 Å². The molecule has 5 aliphatic rings. The smallest absolute Gasteiger partial charge is 0.448 e. The molecule has 3 saturated heterocycles. The van der Waals surface area contributed by atoms with Gasteiger partial charge in [0.2, 0.25) is 0 Å². The van der Waals surface area contributed by atoms with Gasteiger partial charge in [-0.3, -0.25) is 9.69 Å². The van der Waals surface area contributed by atoms with Crippen LogP contribution in [-0.2, 0) is 29.4 Å². The fourth-order valence-corrected chi connectivity index (χ4v) is 7.46. The summed E-state index contributed by atoms with van der Waals surface area (Å²) >= 11 is 0. The molecular weight excluding hydrogens is 687 g/mol. The number of piperidine rings is 1. The van der Waals surface area contributed by atoms with Crippen LogP contribution >= 0.6 is 0 Å². The Hall–Kier alpha value is -4.62. The number of ether oxygens (including phenoxy) is 2. The number of aromatic nitrogens is 4. The van der Waals surface area contributed by atoms with E-state index in [0.717, 1.165) is 0 Å². The number of nitrogens with one attached hydrogen (secondary N) is 2. The van der Waals surface area contributed by atoms with Crippen LogP contribution in [0.1, 0.15) is 42.3 Å². The number of hydrogen-bond donors (Lipinski definition) is 4. The van der Waals surface area contributed by atoms with Crippen LogP contribution in [0.2, 0.25) is 0 Å².